The summed E-state index contributed by atoms with van der Waals surface area (Å²) in [6.45, 7) is 1.01. The van der Waals surface area contributed by atoms with Gasteiger partial charge < -0.3 is 14.9 Å². The first-order chi connectivity index (χ1) is 12.9. The lowest BCUT2D eigenvalue weighted by Gasteiger charge is -2.26. The van der Waals surface area contributed by atoms with Gasteiger partial charge in [-0.1, -0.05) is 58.4 Å². The molecule has 0 spiro atoms. The van der Waals surface area contributed by atoms with Crippen molar-refractivity contribution in [2.45, 2.75) is 6.04 Å². The van der Waals surface area contributed by atoms with E-state index in [9.17, 15) is 14.7 Å². The number of halogens is 1. The van der Waals surface area contributed by atoms with Gasteiger partial charge in [-0.05, 0) is 31.8 Å². The maximum absolute atomic E-state index is 12.8. The van der Waals surface area contributed by atoms with Crippen molar-refractivity contribution < 1.29 is 14.7 Å². The molecule has 6 heteroatoms. The van der Waals surface area contributed by atoms with E-state index in [0.717, 1.165) is 10.0 Å². The van der Waals surface area contributed by atoms with Crippen molar-refractivity contribution in [1.29, 1.82) is 0 Å². The number of ketones is 1. The van der Waals surface area contributed by atoms with Crippen LogP contribution in [0.25, 0.3) is 5.76 Å². The fourth-order valence-electron chi connectivity index (χ4n) is 3.16. The van der Waals surface area contributed by atoms with Crippen molar-refractivity contribution in [2.75, 3.05) is 27.2 Å². The Morgan fingerprint density at radius 1 is 1.07 bits per heavy atom. The van der Waals surface area contributed by atoms with Crippen LogP contribution in [0.5, 0.6) is 0 Å². The number of amides is 1. The Hall–Kier alpha value is -2.44. The van der Waals surface area contributed by atoms with Crippen LogP contribution in [0, 0.1) is 0 Å². The first kappa shape index (κ1) is 19.3. The summed E-state index contributed by atoms with van der Waals surface area (Å²) in [6, 6.07) is 15.7. The van der Waals surface area contributed by atoms with E-state index < -0.39 is 17.7 Å². The molecule has 1 heterocycles. The first-order valence-corrected chi connectivity index (χ1v) is 9.43. The van der Waals surface area contributed by atoms with E-state index in [-0.39, 0.29) is 11.3 Å². The summed E-state index contributed by atoms with van der Waals surface area (Å²) in [5, 5.41) is 10.9. The highest BCUT2D eigenvalue weighted by atomic mass is 79.9. The molecule has 0 aromatic heterocycles. The van der Waals surface area contributed by atoms with Gasteiger partial charge in [0.15, 0.2) is 0 Å². The molecule has 0 bridgehead atoms. The molecular formula is C21H21BrN2O3. The Morgan fingerprint density at radius 2 is 1.70 bits per heavy atom. The van der Waals surface area contributed by atoms with E-state index in [2.05, 4.69) is 15.9 Å². The molecule has 1 aliphatic heterocycles. The minimum absolute atomic E-state index is 0.132. The smallest absolute Gasteiger partial charge is 0.295 e. The zero-order chi connectivity index (χ0) is 19.6. The van der Waals surface area contributed by atoms with Gasteiger partial charge in [0, 0.05) is 23.1 Å². The number of carbonyl (C=O) groups is 2. The Labute approximate surface area is 167 Å². The van der Waals surface area contributed by atoms with Crippen molar-refractivity contribution in [3.05, 3.63) is 75.8 Å². The van der Waals surface area contributed by atoms with Crippen molar-refractivity contribution in [3.63, 3.8) is 0 Å². The van der Waals surface area contributed by atoms with E-state index in [1.165, 1.54) is 0 Å². The van der Waals surface area contributed by atoms with Gasteiger partial charge in [0.1, 0.15) is 5.76 Å². The minimum atomic E-state index is -0.650. The zero-order valence-corrected chi connectivity index (χ0v) is 16.8. The number of aliphatic hydroxyl groups is 1. The highest BCUT2D eigenvalue weighted by molar-refractivity contribution is 9.10. The lowest BCUT2D eigenvalue weighted by molar-refractivity contribution is -0.140. The highest BCUT2D eigenvalue weighted by Crippen LogP contribution is 2.39. The monoisotopic (exact) mass is 428 g/mol. The van der Waals surface area contributed by atoms with Gasteiger partial charge >= 0.3 is 0 Å². The number of hydrogen-bond donors (Lipinski definition) is 1. The van der Waals surface area contributed by atoms with Crippen LogP contribution in [-0.4, -0.2) is 53.8 Å². The average Bonchev–Trinajstić information content (AvgIpc) is 2.91. The van der Waals surface area contributed by atoms with Gasteiger partial charge in [-0.2, -0.15) is 0 Å². The second-order valence-corrected chi connectivity index (χ2v) is 7.63. The van der Waals surface area contributed by atoms with Gasteiger partial charge in [0.05, 0.1) is 11.6 Å². The van der Waals surface area contributed by atoms with Gasteiger partial charge in [0.25, 0.3) is 11.7 Å². The summed E-state index contributed by atoms with van der Waals surface area (Å²) >= 11 is 3.41. The summed E-state index contributed by atoms with van der Waals surface area (Å²) in [5.74, 6) is -1.38. The molecule has 27 heavy (non-hydrogen) atoms. The Bertz CT molecular complexity index is 876. The van der Waals surface area contributed by atoms with Crippen molar-refractivity contribution in [3.8, 4) is 0 Å². The van der Waals surface area contributed by atoms with Gasteiger partial charge in [-0.3, -0.25) is 9.59 Å². The summed E-state index contributed by atoms with van der Waals surface area (Å²) < 4.78 is 0.902. The van der Waals surface area contributed by atoms with Crippen LogP contribution < -0.4 is 0 Å². The number of hydrogen-bond acceptors (Lipinski definition) is 4. The van der Waals surface area contributed by atoms with Gasteiger partial charge in [-0.15, -0.1) is 0 Å². The third-order valence-corrected chi connectivity index (χ3v) is 5.09. The molecule has 0 aliphatic carbocycles. The third-order valence-electron chi connectivity index (χ3n) is 4.56. The van der Waals surface area contributed by atoms with E-state index in [0.29, 0.717) is 18.7 Å². The standard InChI is InChI=1S/C21H21BrN2O3/c1-23(2)12-13-24-18(14-8-10-16(22)11-9-14)17(20(26)21(24)27)19(25)15-6-4-3-5-7-15/h3-11,18,25H,12-13H2,1-2H3/b19-17-. The summed E-state index contributed by atoms with van der Waals surface area (Å²) in [4.78, 5) is 29.0. The summed E-state index contributed by atoms with van der Waals surface area (Å²) in [6.07, 6.45) is 0. The van der Waals surface area contributed by atoms with E-state index >= 15 is 0 Å². The lowest BCUT2D eigenvalue weighted by atomic mass is 9.95. The number of rotatable bonds is 5. The fraction of sp³-hybridized carbons (Fsp3) is 0.238. The van der Waals surface area contributed by atoms with Crippen LogP contribution in [-0.2, 0) is 9.59 Å². The molecule has 1 N–H and O–H groups in total. The molecule has 2 aromatic carbocycles. The van der Waals surface area contributed by atoms with Crippen LogP contribution in [0.3, 0.4) is 0 Å². The normalized spacial score (nSPS) is 19.1. The van der Waals surface area contributed by atoms with Crippen LogP contribution >= 0.6 is 15.9 Å². The van der Waals surface area contributed by atoms with Gasteiger partial charge in [0.2, 0.25) is 0 Å². The van der Waals surface area contributed by atoms with Crippen LogP contribution in [0.2, 0.25) is 0 Å². The van der Waals surface area contributed by atoms with Crippen molar-refractivity contribution in [1.82, 2.24) is 9.80 Å². The number of carbonyl (C=O) groups excluding carboxylic acids is 2. The summed E-state index contributed by atoms with van der Waals surface area (Å²) in [7, 11) is 3.82. The first-order valence-electron chi connectivity index (χ1n) is 8.64. The Morgan fingerprint density at radius 3 is 2.30 bits per heavy atom. The molecule has 5 nitrogen and oxygen atoms in total. The molecule has 3 rings (SSSR count). The maximum Gasteiger partial charge on any atom is 0.295 e. The van der Waals surface area contributed by atoms with E-state index in [1.54, 1.807) is 29.2 Å². The number of aliphatic hydroxyl groups excluding tert-OH is 1. The van der Waals surface area contributed by atoms with Crippen LogP contribution in [0.15, 0.2) is 64.6 Å². The molecule has 1 fully saturated rings. The van der Waals surface area contributed by atoms with Crippen molar-refractivity contribution in [2.24, 2.45) is 0 Å². The molecule has 1 aliphatic rings. The number of likely N-dealkylation sites (N-methyl/N-ethyl adjacent to an activating group) is 1. The fourth-order valence-corrected chi connectivity index (χ4v) is 3.43. The highest BCUT2D eigenvalue weighted by Gasteiger charge is 2.45. The molecule has 0 saturated carbocycles. The van der Waals surface area contributed by atoms with E-state index in [1.807, 2.05) is 49.3 Å². The largest absolute Gasteiger partial charge is 0.507 e. The molecule has 1 amide bonds. The predicted octanol–water partition coefficient (Wildman–Crippen LogP) is 3.43. The summed E-state index contributed by atoms with van der Waals surface area (Å²) in [5.41, 5.74) is 1.44. The average molecular weight is 429 g/mol. The minimum Gasteiger partial charge on any atom is -0.507 e. The Kier molecular flexibility index (Phi) is 5.77. The Balaban J connectivity index is 2.13. The second kappa shape index (κ2) is 8.06. The topological polar surface area (TPSA) is 60.9 Å². The predicted molar refractivity (Wildman–Crippen MR) is 108 cm³/mol. The molecule has 2 aromatic rings. The van der Waals surface area contributed by atoms with Crippen molar-refractivity contribution >= 4 is 33.4 Å². The molecule has 1 unspecified atom stereocenters. The van der Waals surface area contributed by atoms with Crippen LogP contribution in [0.4, 0.5) is 0 Å². The SMILES string of the molecule is CN(C)CCN1C(=O)C(=O)/C(=C(\O)c2ccccc2)C1c1ccc(Br)cc1. The molecule has 140 valence electrons. The molecule has 1 saturated heterocycles. The third kappa shape index (κ3) is 3.96. The number of benzene rings is 2. The number of Topliss-reactive ketones (excluding diaryl/α,β-unsaturated/α-hetero) is 1. The lowest BCUT2D eigenvalue weighted by Crippen LogP contribution is -2.35. The quantitative estimate of drug-likeness (QED) is 0.450. The molecule has 0 radical (unpaired) electrons. The number of likely N-dealkylation sites (tertiary alicyclic amines) is 1. The second-order valence-electron chi connectivity index (χ2n) is 6.71. The molecular weight excluding hydrogens is 408 g/mol. The zero-order valence-electron chi connectivity index (χ0n) is 15.2. The van der Waals surface area contributed by atoms with Crippen LogP contribution in [0.1, 0.15) is 17.2 Å². The number of nitrogens with zero attached hydrogens (tertiary/aromatic N) is 2. The molecule has 1 atom stereocenters. The van der Waals surface area contributed by atoms with Gasteiger partial charge in [-0.25, -0.2) is 0 Å². The maximum atomic E-state index is 12.8. The van der Waals surface area contributed by atoms with E-state index in [4.69, 9.17) is 0 Å².